The fraction of sp³-hybridized carbons (Fsp3) is 0.467. The number of nitrogens with zero attached hydrogens (tertiary/aromatic N) is 1. The second-order valence-electron chi connectivity index (χ2n) is 5.38. The molecule has 1 heterocycles. The lowest BCUT2D eigenvalue weighted by Crippen LogP contribution is -2.57. The fourth-order valence-corrected chi connectivity index (χ4v) is 2.82. The highest BCUT2D eigenvalue weighted by molar-refractivity contribution is 6.43. The summed E-state index contributed by atoms with van der Waals surface area (Å²) in [6, 6.07) is 4.32. The van der Waals surface area contributed by atoms with Crippen molar-refractivity contribution in [1.29, 1.82) is 0 Å². The summed E-state index contributed by atoms with van der Waals surface area (Å²) in [5.41, 5.74) is 0.266. The monoisotopic (exact) mass is 343 g/mol. The Bertz CT molecular complexity index is 580. The number of carbonyl (C=O) groups excluding carboxylic acids is 2. The van der Waals surface area contributed by atoms with Crippen LogP contribution in [0.4, 0.5) is 0 Å². The molecule has 1 aliphatic rings. The summed E-state index contributed by atoms with van der Waals surface area (Å²) < 4.78 is 0. The maximum Gasteiger partial charge on any atom is 0.253 e. The van der Waals surface area contributed by atoms with Crippen LogP contribution < -0.4 is 10.6 Å². The van der Waals surface area contributed by atoms with Crippen molar-refractivity contribution in [3.05, 3.63) is 33.8 Å². The molecule has 2 rings (SSSR count). The van der Waals surface area contributed by atoms with Gasteiger partial charge in [0.2, 0.25) is 5.91 Å². The van der Waals surface area contributed by atoms with Crippen molar-refractivity contribution >= 4 is 35.0 Å². The van der Waals surface area contributed by atoms with Gasteiger partial charge in [0.1, 0.15) is 6.04 Å². The van der Waals surface area contributed by atoms with Crippen molar-refractivity contribution in [3.63, 3.8) is 0 Å². The minimum atomic E-state index is -0.622. The van der Waals surface area contributed by atoms with E-state index in [1.54, 1.807) is 30.0 Å². The second-order valence-corrected chi connectivity index (χ2v) is 6.17. The zero-order chi connectivity index (χ0) is 16.3. The van der Waals surface area contributed by atoms with E-state index in [0.717, 1.165) is 13.1 Å². The van der Waals surface area contributed by atoms with E-state index >= 15 is 0 Å². The maximum absolute atomic E-state index is 12.5. The summed E-state index contributed by atoms with van der Waals surface area (Å²) >= 11 is 11.9. The van der Waals surface area contributed by atoms with Crippen LogP contribution in [0, 0.1) is 0 Å². The highest BCUT2D eigenvalue weighted by Gasteiger charge is 2.28. The van der Waals surface area contributed by atoms with Gasteiger partial charge in [-0.25, -0.2) is 0 Å². The van der Waals surface area contributed by atoms with Gasteiger partial charge in [-0.15, -0.1) is 0 Å². The summed E-state index contributed by atoms with van der Waals surface area (Å²) in [4.78, 5) is 26.5. The number of benzene rings is 1. The minimum absolute atomic E-state index is 0.0968. The van der Waals surface area contributed by atoms with E-state index in [-0.39, 0.29) is 22.5 Å². The molecular formula is C15H19Cl2N3O2. The van der Waals surface area contributed by atoms with Gasteiger partial charge in [-0.05, 0) is 26.0 Å². The third-order valence-corrected chi connectivity index (χ3v) is 4.52. The van der Waals surface area contributed by atoms with E-state index in [1.807, 2.05) is 6.92 Å². The van der Waals surface area contributed by atoms with Crippen LogP contribution in [0.1, 0.15) is 24.2 Å². The van der Waals surface area contributed by atoms with Crippen molar-refractivity contribution in [3.8, 4) is 0 Å². The van der Waals surface area contributed by atoms with Gasteiger partial charge < -0.3 is 15.5 Å². The molecule has 0 bridgehead atoms. The van der Waals surface area contributed by atoms with Crippen LogP contribution in [-0.2, 0) is 4.79 Å². The first-order valence-electron chi connectivity index (χ1n) is 7.18. The van der Waals surface area contributed by atoms with Crippen molar-refractivity contribution in [2.24, 2.45) is 0 Å². The van der Waals surface area contributed by atoms with Crippen LogP contribution >= 0.6 is 23.2 Å². The number of halogens is 2. The van der Waals surface area contributed by atoms with Gasteiger partial charge in [-0.3, -0.25) is 9.59 Å². The summed E-state index contributed by atoms with van der Waals surface area (Å²) in [5, 5.41) is 6.41. The molecule has 1 fully saturated rings. The molecule has 7 heteroatoms. The molecule has 2 amide bonds. The van der Waals surface area contributed by atoms with Crippen LogP contribution in [-0.4, -0.2) is 48.4 Å². The summed E-state index contributed by atoms with van der Waals surface area (Å²) in [7, 11) is 0. The number of carbonyl (C=O) groups is 2. The van der Waals surface area contributed by atoms with Crippen molar-refractivity contribution < 1.29 is 9.59 Å². The predicted molar refractivity (Wildman–Crippen MR) is 87.4 cm³/mol. The molecule has 22 heavy (non-hydrogen) atoms. The van der Waals surface area contributed by atoms with Gasteiger partial charge in [0.25, 0.3) is 5.91 Å². The van der Waals surface area contributed by atoms with E-state index in [4.69, 9.17) is 23.2 Å². The molecule has 1 aromatic rings. The standard InChI is InChI=1S/C15H19Cl2N3O2/c1-9-8-18-6-7-20(9)15(22)10(2)19-14(21)11-4-3-5-12(16)13(11)17/h3-5,9-10,18H,6-8H2,1-2H3,(H,19,21)/t9-,10?/m0/s1. The Morgan fingerprint density at radius 1 is 1.41 bits per heavy atom. The Kier molecular flexibility index (Phi) is 5.67. The molecule has 0 saturated carbocycles. The summed E-state index contributed by atoms with van der Waals surface area (Å²) in [5.74, 6) is -0.503. The number of rotatable bonds is 3. The molecule has 1 aliphatic heterocycles. The predicted octanol–water partition coefficient (Wildman–Crippen LogP) is 1.93. The molecule has 1 saturated heterocycles. The average Bonchev–Trinajstić information content (AvgIpc) is 2.49. The first-order valence-corrected chi connectivity index (χ1v) is 7.93. The van der Waals surface area contributed by atoms with Gasteiger partial charge >= 0.3 is 0 Å². The largest absolute Gasteiger partial charge is 0.340 e. The highest BCUT2D eigenvalue weighted by Crippen LogP contribution is 2.25. The van der Waals surface area contributed by atoms with Gasteiger partial charge in [-0.1, -0.05) is 29.3 Å². The molecule has 0 spiro atoms. The maximum atomic E-state index is 12.5. The van der Waals surface area contributed by atoms with Crippen molar-refractivity contribution in [2.75, 3.05) is 19.6 Å². The zero-order valence-electron chi connectivity index (χ0n) is 12.5. The smallest absolute Gasteiger partial charge is 0.253 e. The van der Waals surface area contributed by atoms with E-state index in [9.17, 15) is 9.59 Å². The molecule has 5 nitrogen and oxygen atoms in total. The van der Waals surface area contributed by atoms with Gasteiger partial charge in [0, 0.05) is 25.7 Å². The molecule has 2 N–H and O–H groups in total. The Labute approximate surface area is 139 Å². The van der Waals surface area contributed by atoms with Crippen LogP contribution in [0.2, 0.25) is 10.0 Å². The molecule has 0 aromatic heterocycles. The summed E-state index contributed by atoms with van der Waals surface area (Å²) in [6.07, 6.45) is 0. The number of piperazine rings is 1. The Morgan fingerprint density at radius 3 is 2.82 bits per heavy atom. The lowest BCUT2D eigenvalue weighted by atomic mass is 10.1. The number of hydrogen-bond acceptors (Lipinski definition) is 3. The van der Waals surface area contributed by atoms with Gasteiger partial charge in [0.05, 0.1) is 15.6 Å². The Morgan fingerprint density at radius 2 is 2.14 bits per heavy atom. The topological polar surface area (TPSA) is 61.4 Å². The quantitative estimate of drug-likeness (QED) is 0.881. The van der Waals surface area contributed by atoms with E-state index in [0.29, 0.717) is 11.6 Å². The average molecular weight is 344 g/mol. The molecule has 0 aliphatic carbocycles. The molecule has 120 valence electrons. The molecule has 1 aromatic carbocycles. The molecule has 0 radical (unpaired) electrons. The number of amides is 2. The third kappa shape index (κ3) is 3.72. The lowest BCUT2D eigenvalue weighted by Gasteiger charge is -2.35. The lowest BCUT2D eigenvalue weighted by molar-refractivity contribution is -0.135. The van der Waals surface area contributed by atoms with E-state index in [2.05, 4.69) is 10.6 Å². The first kappa shape index (κ1) is 17.1. The van der Waals surface area contributed by atoms with Crippen LogP contribution in [0.3, 0.4) is 0 Å². The molecular weight excluding hydrogens is 325 g/mol. The van der Waals surface area contributed by atoms with Gasteiger partial charge in [-0.2, -0.15) is 0 Å². The third-order valence-electron chi connectivity index (χ3n) is 3.70. The van der Waals surface area contributed by atoms with Crippen molar-refractivity contribution in [2.45, 2.75) is 25.9 Å². The Balaban J connectivity index is 2.04. The minimum Gasteiger partial charge on any atom is -0.340 e. The van der Waals surface area contributed by atoms with Gasteiger partial charge in [0.15, 0.2) is 0 Å². The van der Waals surface area contributed by atoms with Crippen LogP contribution in [0.15, 0.2) is 18.2 Å². The summed E-state index contributed by atoms with van der Waals surface area (Å²) in [6.45, 7) is 5.81. The molecule has 1 unspecified atom stereocenters. The van der Waals surface area contributed by atoms with E-state index in [1.165, 1.54) is 0 Å². The normalized spacial score (nSPS) is 19.6. The number of nitrogens with one attached hydrogen (secondary N) is 2. The first-order chi connectivity index (χ1) is 10.4. The second kappa shape index (κ2) is 7.31. The van der Waals surface area contributed by atoms with Crippen LogP contribution in [0.5, 0.6) is 0 Å². The highest BCUT2D eigenvalue weighted by atomic mass is 35.5. The Hall–Kier alpha value is -1.30. The SMILES string of the molecule is CC(NC(=O)c1cccc(Cl)c1Cl)C(=O)N1CCNC[C@@H]1C. The zero-order valence-corrected chi connectivity index (χ0v) is 14.0. The molecule has 2 atom stereocenters. The van der Waals surface area contributed by atoms with E-state index < -0.39 is 11.9 Å². The fourth-order valence-electron chi connectivity index (χ4n) is 2.43. The number of hydrogen-bond donors (Lipinski definition) is 2. The van der Waals surface area contributed by atoms with Crippen LogP contribution in [0.25, 0.3) is 0 Å². The van der Waals surface area contributed by atoms with Crippen molar-refractivity contribution in [1.82, 2.24) is 15.5 Å².